The lowest BCUT2D eigenvalue weighted by Crippen LogP contribution is -2.40. The van der Waals surface area contributed by atoms with Crippen molar-refractivity contribution in [3.05, 3.63) is 36.2 Å². The van der Waals surface area contributed by atoms with Crippen molar-refractivity contribution in [3.63, 3.8) is 0 Å². The second-order valence-corrected chi connectivity index (χ2v) is 3.68. The maximum Gasteiger partial charge on any atom is 0.232 e. The fourth-order valence-electron chi connectivity index (χ4n) is 1.57. The van der Waals surface area contributed by atoms with Gasteiger partial charge in [-0.25, -0.2) is 0 Å². The summed E-state index contributed by atoms with van der Waals surface area (Å²) in [6.07, 6.45) is 0. The van der Waals surface area contributed by atoms with Crippen molar-refractivity contribution in [1.82, 2.24) is 15.5 Å². The number of benzene rings is 1. The number of hydrogen-bond donors (Lipinski definition) is 1. The SMILES string of the molecule is Cl.c1ccc(-c2noc(C3CNC3)n2)cc1. The van der Waals surface area contributed by atoms with Gasteiger partial charge in [-0.1, -0.05) is 35.5 Å². The van der Waals surface area contributed by atoms with E-state index >= 15 is 0 Å². The molecule has 0 unspecified atom stereocenters. The Morgan fingerprint density at radius 2 is 1.94 bits per heavy atom. The van der Waals surface area contributed by atoms with Gasteiger partial charge in [-0.05, 0) is 0 Å². The van der Waals surface area contributed by atoms with Gasteiger partial charge in [0.25, 0.3) is 0 Å². The fraction of sp³-hybridized carbons (Fsp3) is 0.273. The van der Waals surface area contributed by atoms with E-state index in [-0.39, 0.29) is 12.4 Å². The fourth-order valence-corrected chi connectivity index (χ4v) is 1.57. The van der Waals surface area contributed by atoms with Crippen molar-refractivity contribution >= 4 is 12.4 Å². The number of nitrogens with one attached hydrogen (secondary N) is 1. The molecule has 0 amide bonds. The van der Waals surface area contributed by atoms with Gasteiger partial charge < -0.3 is 9.84 Å². The Kier molecular flexibility index (Phi) is 3.22. The molecular weight excluding hydrogens is 226 g/mol. The summed E-state index contributed by atoms with van der Waals surface area (Å²) in [6, 6.07) is 9.87. The van der Waals surface area contributed by atoms with Crippen LogP contribution in [0.15, 0.2) is 34.9 Å². The first-order chi connectivity index (χ1) is 7.43. The van der Waals surface area contributed by atoms with Crippen molar-refractivity contribution in [2.75, 3.05) is 13.1 Å². The molecule has 1 aliphatic heterocycles. The van der Waals surface area contributed by atoms with Crippen molar-refractivity contribution < 1.29 is 4.52 Å². The molecule has 1 aromatic heterocycles. The molecule has 0 bridgehead atoms. The average molecular weight is 238 g/mol. The van der Waals surface area contributed by atoms with Crippen molar-refractivity contribution in [3.8, 4) is 11.4 Å². The van der Waals surface area contributed by atoms with Gasteiger partial charge >= 0.3 is 0 Å². The molecule has 3 rings (SSSR count). The number of hydrogen-bond acceptors (Lipinski definition) is 4. The number of aromatic nitrogens is 2. The lowest BCUT2D eigenvalue weighted by Gasteiger charge is -2.22. The van der Waals surface area contributed by atoms with Crippen LogP contribution < -0.4 is 5.32 Å². The molecule has 0 saturated carbocycles. The van der Waals surface area contributed by atoms with E-state index < -0.39 is 0 Å². The normalized spacial score (nSPS) is 15.2. The highest BCUT2D eigenvalue weighted by atomic mass is 35.5. The molecule has 5 heteroatoms. The summed E-state index contributed by atoms with van der Waals surface area (Å²) in [6.45, 7) is 1.88. The molecule has 1 aromatic carbocycles. The second kappa shape index (κ2) is 4.63. The van der Waals surface area contributed by atoms with Gasteiger partial charge in [0.2, 0.25) is 11.7 Å². The molecule has 1 fully saturated rings. The molecular formula is C11H12ClN3O. The summed E-state index contributed by atoms with van der Waals surface area (Å²) in [5.41, 5.74) is 1.000. The predicted octanol–water partition coefficient (Wildman–Crippen LogP) is 1.85. The van der Waals surface area contributed by atoms with E-state index in [9.17, 15) is 0 Å². The van der Waals surface area contributed by atoms with Crippen molar-refractivity contribution in [1.29, 1.82) is 0 Å². The highest BCUT2D eigenvalue weighted by Crippen LogP contribution is 2.21. The molecule has 0 radical (unpaired) electrons. The van der Waals surface area contributed by atoms with Crippen LogP contribution in [0, 0.1) is 0 Å². The van der Waals surface area contributed by atoms with E-state index in [2.05, 4.69) is 15.5 Å². The van der Waals surface area contributed by atoms with E-state index in [1.54, 1.807) is 0 Å². The van der Waals surface area contributed by atoms with E-state index in [1.165, 1.54) is 0 Å². The molecule has 16 heavy (non-hydrogen) atoms. The predicted molar refractivity (Wildman–Crippen MR) is 62.6 cm³/mol. The lowest BCUT2D eigenvalue weighted by atomic mass is 10.0. The zero-order valence-electron chi connectivity index (χ0n) is 8.59. The Balaban J connectivity index is 0.000000963. The van der Waals surface area contributed by atoms with Crippen molar-refractivity contribution in [2.24, 2.45) is 0 Å². The molecule has 1 saturated heterocycles. The van der Waals surface area contributed by atoms with Gasteiger partial charge in [0.05, 0.1) is 5.92 Å². The minimum atomic E-state index is 0. The monoisotopic (exact) mass is 237 g/mol. The van der Waals surface area contributed by atoms with Crippen LogP contribution in [0.1, 0.15) is 11.8 Å². The van der Waals surface area contributed by atoms with Gasteiger partial charge in [0.1, 0.15) is 0 Å². The summed E-state index contributed by atoms with van der Waals surface area (Å²) in [4.78, 5) is 4.38. The Hall–Kier alpha value is -1.39. The van der Waals surface area contributed by atoms with Crippen LogP contribution in [0.25, 0.3) is 11.4 Å². The maximum absolute atomic E-state index is 5.22. The third-order valence-electron chi connectivity index (χ3n) is 2.60. The Bertz CT molecular complexity index is 453. The van der Waals surface area contributed by atoms with E-state index in [4.69, 9.17) is 4.52 Å². The van der Waals surface area contributed by atoms with Gasteiger partial charge in [-0.3, -0.25) is 0 Å². The van der Waals surface area contributed by atoms with E-state index in [1.807, 2.05) is 30.3 Å². The first kappa shape index (κ1) is 11.1. The molecule has 0 spiro atoms. The van der Waals surface area contributed by atoms with Crippen LogP contribution in [0.3, 0.4) is 0 Å². The van der Waals surface area contributed by atoms with Crippen LogP contribution >= 0.6 is 12.4 Å². The third kappa shape index (κ3) is 1.94. The van der Waals surface area contributed by atoms with Gasteiger partial charge in [0, 0.05) is 18.7 Å². The van der Waals surface area contributed by atoms with Crippen LogP contribution in [-0.2, 0) is 0 Å². The summed E-state index contributed by atoms with van der Waals surface area (Å²) < 4.78 is 5.22. The minimum Gasteiger partial charge on any atom is -0.339 e. The van der Waals surface area contributed by atoms with E-state index in [0.717, 1.165) is 24.5 Å². The molecule has 0 aliphatic carbocycles. The summed E-state index contributed by atoms with van der Waals surface area (Å²) in [7, 11) is 0. The molecule has 1 aliphatic rings. The van der Waals surface area contributed by atoms with Crippen LogP contribution in [0.4, 0.5) is 0 Å². The topological polar surface area (TPSA) is 51.0 Å². The van der Waals surface area contributed by atoms with Crippen LogP contribution in [0.5, 0.6) is 0 Å². The van der Waals surface area contributed by atoms with E-state index in [0.29, 0.717) is 11.7 Å². The first-order valence-corrected chi connectivity index (χ1v) is 5.03. The first-order valence-electron chi connectivity index (χ1n) is 5.03. The molecule has 84 valence electrons. The number of halogens is 1. The maximum atomic E-state index is 5.22. The average Bonchev–Trinajstić information content (AvgIpc) is 2.66. The highest BCUT2D eigenvalue weighted by molar-refractivity contribution is 5.85. The molecule has 0 atom stereocenters. The minimum absolute atomic E-state index is 0. The van der Waals surface area contributed by atoms with Crippen LogP contribution in [-0.4, -0.2) is 23.2 Å². The second-order valence-electron chi connectivity index (χ2n) is 3.68. The standard InChI is InChI=1S/C11H11N3O.ClH/c1-2-4-8(5-3-1)10-13-11(15-14-10)9-6-12-7-9;/h1-5,9,12H,6-7H2;1H. The molecule has 2 aromatic rings. The lowest BCUT2D eigenvalue weighted by molar-refractivity contribution is 0.308. The highest BCUT2D eigenvalue weighted by Gasteiger charge is 2.25. The summed E-state index contributed by atoms with van der Waals surface area (Å²) >= 11 is 0. The molecule has 2 heterocycles. The van der Waals surface area contributed by atoms with Gasteiger partial charge in [0.15, 0.2) is 0 Å². The Morgan fingerprint density at radius 3 is 2.56 bits per heavy atom. The molecule has 4 nitrogen and oxygen atoms in total. The van der Waals surface area contributed by atoms with Gasteiger partial charge in [-0.2, -0.15) is 4.98 Å². The third-order valence-corrected chi connectivity index (χ3v) is 2.60. The van der Waals surface area contributed by atoms with Crippen molar-refractivity contribution in [2.45, 2.75) is 5.92 Å². The Morgan fingerprint density at radius 1 is 1.19 bits per heavy atom. The number of nitrogens with zero attached hydrogens (tertiary/aromatic N) is 2. The van der Waals surface area contributed by atoms with Crippen LogP contribution in [0.2, 0.25) is 0 Å². The number of rotatable bonds is 2. The van der Waals surface area contributed by atoms with Gasteiger partial charge in [-0.15, -0.1) is 12.4 Å². The Labute approximate surface area is 99.5 Å². The summed E-state index contributed by atoms with van der Waals surface area (Å²) in [5.74, 6) is 1.82. The zero-order chi connectivity index (χ0) is 10.1. The smallest absolute Gasteiger partial charge is 0.232 e. The summed E-state index contributed by atoms with van der Waals surface area (Å²) in [5, 5.41) is 7.16. The zero-order valence-corrected chi connectivity index (χ0v) is 9.41. The molecule has 1 N–H and O–H groups in total. The largest absolute Gasteiger partial charge is 0.339 e. The quantitative estimate of drug-likeness (QED) is 0.866.